The molecule has 7 heteroatoms. The van der Waals surface area contributed by atoms with Crippen LogP contribution in [0.1, 0.15) is 18.4 Å². The van der Waals surface area contributed by atoms with Gasteiger partial charge < -0.3 is 0 Å². The number of halogens is 5. The second-order valence-electron chi connectivity index (χ2n) is 3.96. The maximum Gasteiger partial charge on any atom is 0.389 e. The van der Waals surface area contributed by atoms with Crippen LogP contribution in [0.5, 0.6) is 0 Å². The summed E-state index contributed by atoms with van der Waals surface area (Å²) in [5.74, 6) is 5.24. The topological polar surface area (TPSA) is 38.0 Å². The molecule has 0 aliphatic heterocycles. The van der Waals surface area contributed by atoms with E-state index in [0.717, 1.165) is 0 Å². The van der Waals surface area contributed by atoms with Gasteiger partial charge in [-0.05, 0) is 30.5 Å². The number of nitrogens with two attached hydrogens (primary N) is 1. The second-order valence-corrected chi connectivity index (χ2v) is 4.80. The van der Waals surface area contributed by atoms with E-state index in [1.165, 1.54) is 0 Å². The van der Waals surface area contributed by atoms with Gasteiger partial charge in [0.1, 0.15) is 0 Å². The molecule has 0 aliphatic rings. The van der Waals surface area contributed by atoms with Crippen molar-refractivity contribution in [3.05, 3.63) is 33.8 Å². The molecule has 0 aromatic heterocycles. The lowest BCUT2D eigenvalue weighted by molar-refractivity contribution is -0.136. The van der Waals surface area contributed by atoms with Crippen molar-refractivity contribution < 1.29 is 13.2 Å². The van der Waals surface area contributed by atoms with Gasteiger partial charge in [0.15, 0.2) is 0 Å². The summed E-state index contributed by atoms with van der Waals surface area (Å²) in [6.45, 7) is 0. The predicted molar refractivity (Wildman–Crippen MR) is 66.6 cm³/mol. The molecule has 2 nitrogen and oxygen atoms in total. The Balaban J connectivity index is 2.62. The average molecular weight is 301 g/mol. The first-order chi connectivity index (χ1) is 8.31. The molecule has 0 aliphatic carbocycles. The van der Waals surface area contributed by atoms with Gasteiger partial charge >= 0.3 is 6.18 Å². The Hall–Kier alpha value is -0.490. The van der Waals surface area contributed by atoms with Crippen LogP contribution in [0.4, 0.5) is 13.2 Å². The van der Waals surface area contributed by atoms with E-state index in [0.29, 0.717) is 22.0 Å². The number of nitrogens with one attached hydrogen (secondary N) is 1. The molecule has 0 saturated heterocycles. The van der Waals surface area contributed by atoms with Crippen molar-refractivity contribution in [1.29, 1.82) is 0 Å². The molecule has 0 radical (unpaired) electrons. The average Bonchev–Trinajstić information content (AvgIpc) is 2.25. The van der Waals surface area contributed by atoms with E-state index in [9.17, 15) is 13.2 Å². The molecule has 1 rings (SSSR count). The van der Waals surface area contributed by atoms with Gasteiger partial charge in [-0.1, -0.05) is 29.3 Å². The van der Waals surface area contributed by atoms with Crippen LogP contribution in [-0.2, 0) is 6.42 Å². The van der Waals surface area contributed by atoms with Crippen molar-refractivity contribution >= 4 is 23.2 Å². The number of hydrazine groups is 1. The molecule has 1 atom stereocenters. The summed E-state index contributed by atoms with van der Waals surface area (Å²) in [5, 5.41) is 0.908. The lowest BCUT2D eigenvalue weighted by Gasteiger charge is -2.17. The largest absolute Gasteiger partial charge is 0.389 e. The van der Waals surface area contributed by atoms with Gasteiger partial charge in [0.2, 0.25) is 0 Å². The van der Waals surface area contributed by atoms with Crippen LogP contribution in [0.2, 0.25) is 10.0 Å². The monoisotopic (exact) mass is 300 g/mol. The van der Waals surface area contributed by atoms with Gasteiger partial charge in [-0.2, -0.15) is 13.2 Å². The highest BCUT2D eigenvalue weighted by molar-refractivity contribution is 6.35. The van der Waals surface area contributed by atoms with Crippen molar-refractivity contribution in [2.45, 2.75) is 31.5 Å². The van der Waals surface area contributed by atoms with Gasteiger partial charge in [0.25, 0.3) is 0 Å². The van der Waals surface area contributed by atoms with Crippen molar-refractivity contribution in [2.75, 3.05) is 0 Å². The summed E-state index contributed by atoms with van der Waals surface area (Å²) >= 11 is 11.7. The summed E-state index contributed by atoms with van der Waals surface area (Å²) in [5.41, 5.74) is 3.09. The smallest absolute Gasteiger partial charge is 0.271 e. The molecule has 0 bridgehead atoms. The molecule has 102 valence electrons. The van der Waals surface area contributed by atoms with Crippen LogP contribution in [-0.4, -0.2) is 12.2 Å². The normalized spacial score (nSPS) is 13.7. The Labute approximate surface area is 113 Å². The minimum Gasteiger partial charge on any atom is -0.271 e. The summed E-state index contributed by atoms with van der Waals surface area (Å²) < 4.78 is 36.3. The molecule has 1 aromatic carbocycles. The Morgan fingerprint density at radius 1 is 1.28 bits per heavy atom. The Kier molecular flexibility index (Phi) is 5.72. The summed E-state index contributed by atoms with van der Waals surface area (Å²) in [6.07, 6.45) is -4.84. The van der Waals surface area contributed by atoms with Crippen LogP contribution in [0.25, 0.3) is 0 Å². The molecule has 0 fully saturated rings. The third-order valence-electron chi connectivity index (χ3n) is 2.49. The van der Waals surface area contributed by atoms with E-state index in [1.54, 1.807) is 18.2 Å². The van der Waals surface area contributed by atoms with Crippen LogP contribution in [0, 0.1) is 0 Å². The zero-order valence-electron chi connectivity index (χ0n) is 9.40. The standard InChI is InChI=1S/C11H13Cl2F3N2/c12-8-2-1-7(10(13)6-8)5-9(18-17)3-4-11(14,15)16/h1-2,6,9,18H,3-5,17H2. The lowest BCUT2D eigenvalue weighted by atomic mass is 10.0. The highest BCUT2D eigenvalue weighted by atomic mass is 35.5. The molecular formula is C11H13Cl2F3N2. The number of hydrogen-bond donors (Lipinski definition) is 2. The van der Waals surface area contributed by atoms with Crippen LogP contribution in [0.15, 0.2) is 18.2 Å². The zero-order chi connectivity index (χ0) is 13.8. The fraction of sp³-hybridized carbons (Fsp3) is 0.455. The van der Waals surface area contributed by atoms with Crippen LogP contribution >= 0.6 is 23.2 Å². The molecular weight excluding hydrogens is 288 g/mol. The summed E-state index contributed by atoms with van der Waals surface area (Å²) in [6, 6.07) is 4.39. The SMILES string of the molecule is NNC(CCC(F)(F)F)Cc1ccc(Cl)cc1Cl. The molecule has 18 heavy (non-hydrogen) atoms. The number of benzene rings is 1. The molecule has 0 saturated carbocycles. The zero-order valence-corrected chi connectivity index (χ0v) is 10.9. The maximum atomic E-state index is 12.1. The fourth-order valence-electron chi connectivity index (χ4n) is 1.53. The van der Waals surface area contributed by atoms with E-state index >= 15 is 0 Å². The fourth-order valence-corrected chi connectivity index (χ4v) is 2.02. The first kappa shape index (κ1) is 15.6. The third-order valence-corrected chi connectivity index (χ3v) is 3.08. The molecule has 0 amide bonds. The van der Waals surface area contributed by atoms with E-state index < -0.39 is 18.6 Å². The first-order valence-electron chi connectivity index (χ1n) is 5.28. The summed E-state index contributed by atoms with van der Waals surface area (Å²) in [7, 11) is 0. The third kappa shape index (κ3) is 5.44. The maximum absolute atomic E-state index is 12.1. The van der Waals surface area contributed by atoms with Crippen molar-refractivity contribution in [2.24, 2.45) is 5.84 Å². The Morgan fingerprint density at radius 3 is 2.44 bits per heavy atom. The van der Waals surface area contributed by atoms with E-state index in [2.05, 4.69) is 5.43 Å². The van der Waals surface area contributed by atoms with Gasteiger partial charge in [-0.3, -0.25) is 11.3 Å². The molecule has 0 heterocycles. The molecule has 1 unspecified atom stereocenters. The quantitative estimate of drug-likeness (QED) is 0.642. The minimum absolute atomic E-state index is 0.0983. The van der Waals surface area contributed by atoms with Gasteiger partial charge in [0.05, 0.1) is 0 Å². The van der Waals surface area contributed by atoms with Crippen molar-refractivity contribution in [3.63, 3.8) is 0 Å². The first-order valence-corrected chi connectivity index (χ1v) is 6.04. The van der Waals surface area contributed by atoms with Gasteiger partial charge in [0, 0.05) is 22.5 Å². The van der Waals surface area contributed by atoms with Gasteiger partial charge in [-0.15, -0.1) is 0 Å². The van der Waals surface area contributed by atoms with E-state index in [-0.39, 0.29) is 6.42 Å². The highest BCUT2D eigenvalue weighted by Gasteiger charge is 2.28. The van der Waals surface area contributed by atoms with E-state index in [4.69, 9.17) is 29.0 Å². The molecule has 3 N–H and O–H groups in total. The van der Waals surface area contributed by atoms with Crippen molar-refractivity contribution in [3.8, 4) is 0 Å². The predicted octanol–water partition coefficient (Wildman–Crippen LogP) is 3.71. The Bertz CT molecular complexity index is 396. The molecule has 0 spiro atoms. The summed E-state index contributed by atoms with van der Waals surface area (Å²) in [4.78, 5) is 0. The highest BCUT2D eigenvalue weighted by Crippen LogP contribution is 2.25. The van der Waals surface area contributed by atoms with Crippen LogP contribution in [0.3, 0.4) is 0 Å². The Morgan fingerprint density at radius 2 is 1.94 bits per heavy atom. The van der Waals surface area contributed by atoms with E-state index in [1.807, 2.05) is 0 Å². The number of alkyl halides is 3. The number of hydrogen-bond acceptors (Lipinski definition) is 2. The minimum atomic E-state index is -4.18. The lowest BCUT2D eigenvalue weighted by Crippen LogP contribution is -2.37. The second kappa shape index (κ2) is 6.61. The number of rotatable bonds is 5. The molecule has 1 aromatic rings. The van der Waals surface area contributed by atoms with Gasteiger partial charge in [-0.25, -0.2) is 0 Å². The van der Waals surface area contributed by atoms with Crippen LogP contribution < -0.4 is 11.3 Å². The van der Waals surface area contributed by atoms with Crippen molar-refractivity contribution in [1.82, 2.24) is 5.43 Å².